The Hall–Kier alpha value is -1.52. The fraction of sp³-hybridized carbons (Fsp3) is 0.200. The third-order valence-electron chi connectivity index (χ3n) is 0.404. The van der Waals surface area contributed by atoms with Crippen LogP contribution in [0.4, 0.5) is 0 Å². The third kappa shape index (κ3) is 9.70. The fourth-order valence-corrected chi connectivity index (χ4v) is 0.205. The van der Waals surface area contributed by atoms with Crippen molar-refractivity contribution in [1.29, 1.82) is 0 Å². The Bertz CT molecular complexity index is 147. The van der Waals surface area contributed by atoms with Gasteiger partial charge in [-0.3, -0.25) is 4.79 Å². The number of hydrogen-bond acceptors (Lipinski definition) is 4. The van der Waals surface area contributed by atoms with Crippen LogP contribution < -0.4 is 0 Å². The van der Waals surface area contributed by atoms with Crippen LogP contribution in [0.15, 0.2) is 18.7 Å². The summed E-state index contributed by atoms with van der Waals surface area (Å²) in [7, 11) is 0. The number of nitrogens with zero attached hydrogens (tertiary/aromatic N) is 3. The molecule has 0 amide bonds. The second-order valence-electron chi connectivity index (χ2n) is 1.31. The molecule has 0 aliphatic heterocycles. The van der Waals surface area contributed by atoms with Crippen molar-refractivity contribution in [2.24, 2.45) is 0 Å². The van der Waals surface area contributed by atoms with Crippen molar-refractivity contribution in [1.82, 2.24) is 15.2 Å². The summed E-state index contributed by atoms with van der Waals surface area (Å²) in [6.07, 6.45) is 4.49. The van der Waals surface area contributed by atoms with Gasteiger partial charge in [-0.2, -0.15) is 5.10 Å². The van der Waals surface area contributed by atoms with E-state index in [1.807, 2.05) is 0 Å². The van der Waals surface area contributed by atoms with Gasteiger partial charge in [0.1, 0.15) is 6.33 Å². The Morgan fingerprint density at radius 3 is 2.10 bits per heavy atom. The zero-order valence-electron chi connectivity index (χ0n) is 5.43. The van der Waals surface area contributed by atoms with E-state index in [0.29, 0.717) is 0 Å². The minimum atomic E-state index is -0.833. The fourth-order valence-electron chi connectivity index (χ4n) is 0.205. The molecule has 0 radical (unpaired) electrons. The van der Waals surface area contributed by atoms with Crippen LogP contribution in [0.5, 0.6) is 0 Å². The van der Waals surface area contributed by atoms with Gasteiger partial charge in [0.2, 0.25) is 0 Å². The Balaban J connectivity index is 0.000000180. The van der Waals surface area contributed by atoms with Crippen LogP contribution in [0.1, 0.15) is 6.92 Å². The second-order valence-corrected chi connectivity index (χ2v) is 1.31. The van der Waals surface area contributed by atoms with E-state index in [2.05, 4.69) is 15.2 Å². The average molecular weight is 141 g/mol. The van der Waals surface area contributed by atoms with Crippen molar-refractivity contribution in [3.05, 3.63) is 18.7 Å². The molecule has 0 bridgehead atoms. The molecule has 0 aliphatic rings. The van der Waals surface area contributed by atoms with Crippen LogP contribution in [0.3, 0.4) is 0 Å². The van der Waals surface area contributed by atoms with Gasteiger partial charge in [-0.1, -0.05) is 0 Å². The number of hydrogen-bond donors (Lipinski definition) is 1. The van der Waals surface area contributed by atoms with Gasteiger partial charge in [-0.15, -0.1) is 5.10 Å². The molecule has 0 unspecified atom stereocenters. The summed E-state index contributed by atoms with van der Waals surface area (Å²) in [6, 6.07) is 0. The molecule has 0 saturated heterocycles. The van der Waals surface area contributed by atoms with Gasteiger partial charge >= 0.3 is 0 Å². The maximum atomic E-state index is 9.00. The largest absolute Gasteiger partial charge is 0.481 e. The van der Waals surface area contributed by atoms with Crippen LogP contribution >= 0.6 is 0 Å². The van der Waals surface area contributed by atoms with Gasteiger partial charge in [0.05, 0.1) is 6.20 Å². The Morgan fingerprint density at radius 2 is 2.00 bits per heavy atom. The lowest BCUT2D eigenvalue weighted by molar-refractivity contribution is -0.134. The highest BCUT2D eigenvalue weighted by Gasteiger charge is 1.65. The van der Waals surface area contributed by atoms with E-state index in [0.717, 1.165) is 6.92 Å². The van der Waals surface area contributed by atoms with Crippen molar-refractivity contribution in [3.63, 3.8) is 0 Å². The maximum Gasteiger partial charge on any atom is 0.300 e. The van der Waals surface area contributed by atoms with Crippen LogP contribution in [0.2, 0.25) is 0 Å². The lowest BCUT2D eigenvalue weighted by Crippen LogP contribution is -1.78. The highest BCUT2D eigenvalue weighted by Crippen LogP contribution is 1.59. The molecule has 1 aromatic heterocycles. The molecule has 1 aromatic rings. The molecule has 1 heterocycles. The first kappa shape index (κ1) is 8.48. The zero-order chi connectivity index (χ0) is 7.82. The van der Waals surface area contributed by atoms with E-state index in [9.17, 15) is 0 Å². The number of aromatic nitrogens is 3. The molecule has 0 atom stereocenters. The molecule has 0 aromatic carbocycles. The first-order valence-corrected chi connectivity index (χ1v) is 2.49. The molecular formula is C5H7N3O2. The Labute approximate surface area is 57.8 Å². The van der Waals surface area contributed by atoms with E-state index in [4.69, 9.17) is 9.90 Å². The molecule has 0 saturated carbocycles. The Morgan fingerprint density at radius 1 is 1.40 bits per heavy atom. The quantitative estimate of drug-likeness (QED) is 0.548. The number of carboxylic acids is 1. The van der Waals surface area contributed by atoms with E-state index < -0.39 is 5.97 Å². The molecule has 5 heteroatoms. The number of carboxylic acid groups (broad SMARTS) is 1. The van der Waals surface area contributed by atoms with Gasteiger partial charge in [0.25, 0.3) is 5.97 Å². The van der Waals surface area contributed by atoms with Gasteiger partial charge < -0.3 is 5.11 Å². The summed E-state index contributed by atoms with van der Waals surface area (Å²) >= 11 is 0. The van der Waals surface area contributed by atoms with E-state index in [1.54, 1.807) is 6.20 Å². The van der Waals surface area contributed by atoms with E-state index in [1.165, 1.54) is 12.5 Å². The van der Waals surface area contributed by atoms with Crippen molar-refractivity contribution in [2.75, 3.05) is 0 Å². The summed E-state index contributed by atoms with van der Waals surface area (Å²) in [4.78, 5) is 12.6. The van der Waals surface area contributed by atoms with Crippen LogP contribution in [-0.2, 0) is 4.79 Å². The predicted octanol–water partition coefficient (Wildman–Crippen LogP) is -0.0375. The van der Waals surface area contributed by atoms with Crippen molar-refractivity contribution in [3.8, 4) is 0 Å². The predicted molar refractivity (Wildman–Crippen MR) is 33.1 cm³/mol. The SMILES string of the molecule is CC(=O)O.c1cnncn1. The normalized spacial score (nSPS) is 7.30. The van der Waals surface area contributed by atoms with Crippen molar-refractivity contribution in [2.45, 2.75) is 6.92 Å². The number of rotatable bonds is 0. The molecule has 10 heavy (non-hydrogen) atoms. The topological polar surface area (TPSA) is 76.0 Å². The highest BCUT2D eigenvalue weighted by molar-refractivity contribution is 5.62. The molecule has 0 aliphatic carbocycles. The molecule has 5 nitrogen and oxygen atoms in total. The van der Waals surface area contributed by atoms with Gasteiger partial charge in [0.15, 0.2) is 0 Å². The van der Waals surface area contributed by atoms with Gasteiger partial charge in [-0.05, 0) is 0 Å². The van der Waals surface area contributed by atoms with Gasteiger partial charge in [-0.25, -0.2) is 4.98 Å². The monoisotopic (exact) mass is 141 g/mol. The van der Waals surface area contributed by atoms with Crippen molar-refractivity contribution < 1.29 is 9.90 Å². The summed E-state index contributed by atoms with van der Waals surface area (Å²) < 4.78 is 0. The second kappa shape index (κ2) is 5.61. The maximum absolute atomic E-state index is 9.00. The third-order valence-corrected chi connectivity index (χ3v) is 0.404. The van der Waals surface area contributed by atoms with E-state index in [-0.39, 0.29) is 0 Å². The molecule has 54 valence electrons. The van der Waals surface area contributed by atoms with Crippen LogP contribution in [0, 0.1) is 0 Å². The lowest BCUT2D eigenvalue weighted by Gasteiger charge is -1.69. The standard InChI is InChI=1S/C3H3N3.C2H4O2/c1-2-5-6-3-4-1;1-2(3)4/h1-3H;1H3,(H,3,4). The molecule has 1 N–H and O–H groups in total. The number of aliphatic carboxylic acids is 1. The van der Waals surface area contributed by atoms with Crippen LogP contribution in [-0.4, -0.2) is 26.3 Å². The molecule has 0 spiro atoms. The van der Waals surface area contributed by atoms with E-state index >= 15 is 0 Å². The van der Waals surface area contributed by atoms with Crippen LogP contribution in [0.25, 0.3) is 0 Å². The average Bonchev–Trinajstić information content (AvgIpc) is 1.90. The first-order valence-electron chi connectivity index (χ1n) is 2.49. The van der Waals surface area contributed by atoms with Crippen molar-refractivity contribution >= 4 is 5.97 Å². The van der Waals surface area contributed by atoms with Gasteiger partial charge in [0, 0.05) is 13.1 Å². The smallest absolute Gasteiger partial charge is 0.300 e. The summed E-state index contributed by atoms with van der Waals surface area (Å²) in [6.45, 7) is 1.08. The summed E-state index contributed by atoms with van der Waals surface area (Å²) in [5.74, 6) is -0.833. The summed E-state index contributed by atoms with van der Waals surface area (Å²) in [5.41, 5.74) is 0. The zero-order valence-corrected chi connectivity index (χ0v) is 5.43. The number of carbonyl (C=O) groups is 1. The highest BCUT2D eigenvalue weighted by atomic mass is 16.4. The lowest BCUT2D eigenvalue weighted by atomic mass is 10.9. The summed E-state index contributed by atoms with van der Waals surface area (Å²) in [5, 5.41) is 14.3. The Kier molecular flexibility index (Phi) is 4.76. The molecule has 0 fully saturated rings. The molecule has 1 rings (SSSR count). The minimum Gasteiger partial charge on any atom is -0.481 e. The molecular weight excluding hydrogens is 134 g/mol. The minimum absolute atomic E-state index is 0.833. The first-order chi connectivity index (χ1) is 4.73.